The first kappa shape index (κ1) is 30.3. The number of aromatic hydroxyl groups is 1. The number of pyridine rings is 1. The van der Waals surface area contributed by atoms with Crippen molar-refractivity contribution >= 4 is 28.9 Å². The fourth-order valence-electron chi connectivity index (χ4n) is 6.95. The van der Waals surface area contributed by atoms with Gasteiger partial charge in [-0.05, 0) is 50.7 Å². The number of Topliss-reactive ketones (excluding diaryl/α,β-unsaturated/α-hetero) is 2. The molecule has 0 spiro atoms. The van der Waals surface area contributed by atoms with Crippen molar-refractivity contribution in [3.05, 3.63) is 69.8 Å². The lowest BCUT2D eigenvalue weighted by Gasteiger charge is -2.58. The SMILES string of the molecule is CN(C)c1cc(C#Cc2cccnc2)c(O)c2c1C[C@@]1(N)C[C@@]3(N)[C@H](N(C)C)C(=O)C(C(N)=O)=C(O)[C@@]3(C#N)C(=O)C1=C2O. The van der Waals surface area contributed by atoms with E-state index in [1.165, 1.54) is 25.2 Å². The van der Waals surface area contributed by atoms with Crippen LogP contribution in [0.4, 0.5) is 5.69 Å². The number of hydrogen-bond donors (Lipinski definition) is 6. The Morgan fingerprint density at radius 1 is 1.14 bits per heavy atom. The molecule has 0 aliphatic heterocycles. The topological polar surface area (TPSA) is 233 Å². The van der Waals surface area contributed by atoms with Crippen molar-refractivity contribution in [1.29, 1.82) is 5.26 Å². The van der Waals surface area contributed by atoms with Crippen LogP contribution in [0.25, 0.3) is 5.76 Å². The number of fused-ring (bicyclic) bond motifs is 3. The Hall–Kier alpha value is -5.21. The molecule has 2 aromatic rings. The number of aromatic nitrogens is 1. The Morgan fingerprint density at radius 2 is 1.82 bits per heavy atom. The highest BCUT2D eigenvalue weighted by molar-refractivity contribution is 6.25. The summed E-state index contributed by atoms with van der Waals surface area (Å²) in [5.74, 6) is -0.156. The number of nitrogens with zero attached hydrogens (tertiary/aromatic N) is 4. The van der Waals surface area contributed by atoms with E-state index in [1.54, 1.807) is 49.5 Å². The van der Waals surface area contributed by atoms with E-state index in [1.807, 2.05) is 0 Å². The van der Waals surface area contributed by atoms with Gasteiger partial charge in [0.25, 0.3) is 5.91 Å². The van der Waals surface area contributed by atoms with Crippen LogP contribution in [0.15, 0.2) is 47.5 Å². The number of benzene rings is 1. The maximum absolute atomic E-state index is 14.6. The zero-order chi connectivity index (χ0) is 32.5. The summed E-state index contributed by atoms with van der Waals surface area (Å²) < 4.78 is 0. The van der Waals surface area contributed by atoms with Gasteiger partial charge in [0.15, 0.2) is 17.0 Å². The van der Waals surface area contributed by atoms with E-state index in [-0.39, 0.29) is 17.5 Å². The molecule has 1 aromatic carbocycles. The minimum Gasteiger partial charge on any atom is -0.509 e. The number of ketones is 2. The molecule has 0 radical (unpaired) electrons. The average Bonchev–Trinajstić information content (AvgIpc) is 2.92. The number of carbonyl (C=O) groups excluding carboxylic acids is 3. The highest BCUT2D eigenvalue weighted by atomic mass is 16.3. The maximum Gasteiger partial charge on any atom is 0.255 e. The second-order valence-corrected chi connectivity index (χ2v) is 11.8. The normalized spacial score (nSPS) is 27.5. The van der Waals surface area contributed by atoms with Crippen LogP contribution in [-0.4, -0.2) is 88.0 Å². The van der Waals surface area contributed by atoms with E-state index in [0.717, 1.165) is 0 Å². The highest BCUT2D eigenvalue weighted by Crippen LogP contribution is 2.59. The number of nitrogens with two attached hydrogens (primary N) is 3. The molecule has 4 atom stereocenters. The van der Waals surface area contributed by atoms with Crippen molar-refractivity contribution in [1.82, 2.24) is 9.88 Å². The predicted molar refractivity (Wildman–Crippen MR) is 159 cm³/mol. The van der Waals surface area contributed by atoms with Gasteiger partial charge in [-0.25, -0.2) is 0 Å². The molecule has 1 aromatic heterocycles. The molecular formula is C31H31N7O6. The molecule has 1 saturated carbocycles. The fraction of sp³-hybridized carbons (Fsp3) is 0.323. The van der Waals surface area contributed by atoms with Crippen molar-refractivity contribution in [3.63, 3.8) is 0 Å². The first-order chi connectivity index (χ1) is 20.6. The summed E-state index contributed by atoms with van der Waals surface area (Å²) in [5.41, 5.74) is 12.5. The van der Waals surface area contributed by atoms with Gasteiger partial charge in [-0.1, -0.05) is 11.8 Å². The molecule has 1 heterocycles. The van der Waals surface area contributed by atoms with Gasteiger partial charge >= 0.3 is 0 Å². The van der Waals surface area contributed by atoms with Gasteiger partial charge in [0.05, 0.1) is 39.9 Å². The van der Waals surface area contributed by atoms with Crippen LogP contribution >= 0.6 is 0 Å². The third kappa shape index (κ3) is 3.84. The molecule has 13 nitrogen and oxygen atoms in total. The number of phenols is 1. The minimum atomic E-state index is -2.73. The minimum absolute atomic E-state index is 0.120. The van der Waals surface area contributed by atoms with Gasteiger partial charge in [0.1, 0.15) is 22.8 Å². The van der Waals surface area contributed by atoms with Crippen molar-refractivity contribution in [2.24, 2.45) is 22.6 Å². The molecule has 0 saturated heterocycles. The van der Waals surface area contributed by atoms with Crippen LogP contribution in [0.2, 0.25) is 0 Å². The van der Waals surface area contributed by atoms with Crippen molar-refractivity contribution in [2.45, 2.75) is 30.0 Å². The monoisotopic (exact) mass is 597 g/mol. The Labute approximate surface area is 252 Å². The number of amides is 1. The molecule has 13 heteroatoms. The summed E-state index contributed by atoms with van der Waals surface area (Å²) in [6.45, 7) is 0. The largest absolute Gasteiger partial charge is 0.509 e. The number of aliphatic hydroxyl groups is 2. The maximum atomic E-state index is 14.6. The first-order valence-electron chi connectivity index (χ1n) is 13.5. The first-order valence-corrected chi connectivity index (χ1v) is 13.5. The van der Waals surface area contributed by atoms with Crippen LogP contribution in [0, 0.1) is 28.6 Å². The predicted octanol–water partition coefficient (Wildman–Crippen LogP) is -0.234. The van der Waals surface area contributed by atoms with Crippen LogP contribution in [0.1, 0.15) is 28.7 Å². The van der Waals surface area contributed by atoms with Crippen molar-refractivity contribution < 1.29 is 29.7 Å². The van der Waals surface area contributed by atoms with Gasteiger partial charge in [-0.15, -0.1) is 0 Å². The molecule has 226 valence electrons. The summed E-state index contributed by atoms with van der Waals surface area (Å²) in [4.78, 5) is 47.5. The van der Waals surface area contributed by atoms with Crippen LogP contribution in [-0.2, 0) is 20.8 Å². The van der Waals surface area contributed by atoms with E-state index in [4.69, 9.17) is 17.2 Å². The standard InChI is InChI=1S/C31H31N7O6/c1-37(2)18-10-16(8-7-15-6-5-9-36-12-15)22(39)19-17(18)11-29(34)13-31(35)25(38(3)4)24(41)20(28(33)44)26(42)30(31,14-32)27(43)21(29)23(19)40/h5-6,9-10,12,25,39-40,42H,11,13,34-35H2,1-4H3,(H2,33,44)/t25-,29-,30+,31-/m1/s1. The summed E-state index contributed by atoms with van der Waals surface area (Å²) >= 11 is 0. The van der Waals surface area contributed by atoms with E-state index in [9.17, 15) is 35.0 Å². The average molecular weight is 598 g/mol. The zero-order valence-corrected chi connectivity index (χ0v) is 24.5. The molecule has 44 heavy (non-hydrogen) atoms. The van der Waals surface area contributed by atoms with E-state index < -0.39 is 74.8 Å². The molecule has 3 aliphatic rings. The molecule has 9 N–H and O–H groups in total. The molecular weight excluding hydrogens is 566 g/mol. The van der Waals surface area contributed by atoms with Gasteiger partial charge in [0, 0.05) is 37.7 Å². The van der Waals surface area contributed by atoms with Gasteiger partial charge in [0.2, 0.25) is 0 Å². The summed E-state index contributed by atoms with van der Waals surface area (Å²) in [7, 11) is 6.39. The number of rotatable bonds is 3. The smallest absolute Gasteiger partial charge is 0.255 e. The van der Waals surface area contributed by atoms with Gasteiger partial charge in [-0.3, -0.25) is 24.3 Å². The Bertz CT molecular complexity index is 1830. The van der Waals surface area contributed by atoms with Crippen molar-refractivity contribution in [3.8, 4) is 23.7 Å². The second kappa shape index (κ2) is 9.92. The lowest BCUT2D eigenvalue weighted by molar-refractivity contribution is -0.139. The molecule has 1 fully saturated rings. The number of likely N-dealkylation sites (N-methyl/N-ethyl adjacent to an activating group) is 1. The Balaban J connectivity index is 1.84. The van der Waals surface area contributed by atoms with E-state index >= 15 is 0 Å². The number of hydrogen-bond acceptors (Lipinski definition) is 12. The third-order valence-electron chi connectivity index (χ3n) is 8.71. The Morgan fingerprint density at radius 3 is 2.36 bits per heavy atom. The highest BCUT2D eigenvalue weighted by Gasteiger charge is 2.74. The third-order valence-corrected chi connectivity index (χ3v) is 8.71. The molecule has 3 aliphatic carbocycles. The quantitative estimate of drug-likeness (QED) is 0.199. The van der Waals surface area contributed by atoms with Crippen LogP contribution in [0.5, 0.6) is 5.75 Å². The lowest BCUT2D eigenvalue weighted by atomic mass is 9.47. The zero-order valence-electron chi connectivity index (χ0n) is 24.5. The summed E-state index contributed by atoms with van der Waals surface area (Å²) in [6.07, 6.45) is 2.50. The summed E-state index contributed by atoms with van der Waals surface area (Å²) in [5, 5.41) is 45.1. The Kier molecular flexibility index (Phi) is 6.82. The number of anilines is 1. The van der Waals surface area contributed by atoms with E-state index in [0.29, 0.717) is 16.8 Å². The lowest BCUT2D eigenvalue weighted by Crippen LogP contribution is -2.80. The second-order valence-electron chi connectivity index (χ2n) is 11.8. The molecule has 0 bridgehead atoms. The van der Waals surface area contributed by atoms with E-state index in [2.05, 4.69) is 16.8 Å². The molecule has 1 amide bonds. The number of phenolic OH excluding ortho intramolecular Hbond substituents is 1. The van der Waals surface area contributed by atoms with Crippen molar-refractivity contribution in [2.75, 3.05) is 33.1 Å². The fourth-order valence-corrected chi connectivity index (χ4v) is 6.95. The molecule has 0 unspecified atom stereocenters. The number of carbonyl (C=O) groups is 3. The molecule has 5 rings (SSSR count). The number of aliphatic hydroxyl groups excluding tert-OH is 2. The van der Waals surface area contributed by atoms with Gasteiger partial charge in [-0.2, -0.15) is 5.26 Å². The number of nitriles is 1. The summed E-state index contributed by atoms with van der Waals surface area (Å²) in [6, 6.07) is 5.32. The van der Waals surface area contributed by atoms with Gasteiger partial charge < -0.3 is 37.4 Å². The van der Waals surface area contributed by atoms with Crippen LogP contribution in [0.3, 0.4) is 0 Å². The van der Waals surface area contributed by atoms with Crippen LogP contribution < -0.4 is 22.1 Å². The number of primary amides is 1.